The molecule has 0 fully saturated rings. The van der Waals surface area contributed by atoms with Crippen molar-refractivity contribution in [1.82, 2.24) is 0 Å². The molecule has 0 N–H and O–H groups in total. The van der Waals surface area contributed by atoms with Gasteiger partial charge in [0.15, 0.2) is 5.69 Å². The first-order valence-corrected chi connectivity index (χ1v) is 17.8. The molecule has 4 nitrogen and oxygen atoms in total. The molecule has 0 heterocycles. The van der Waals surface area contributed by atoms with E-state index in [2.05, 4.69) is 156 Å². The standard InChI is InChI=1S/C50H38N4/c1-37-12-10-18-48(32-37)53(44-14-6-4-7-15-44)46-28-22-39(23-29-46)20-26-41-35-50(52-3)42(34-43(41)36-51)27-21-40-24-30-47(31-25-40)54(45-16-8-5-9-17-45)49-19-11-13-38(2)33-49/h4-35H,1-2H3/b26-20+,27-21+. The van der Waals surface area contributed by atoms with Gasteiger partial charge in [-0.2, -0.15) is 5.26 Å². The largest absolute Gasteiger partial charge is 0.310 e. The van der Waals surface area contributed by atoms with Gasteiger partial charge >= 0.3 is 0 Å². The summed E-state index contributed by atoms with van der Waals surface area (Å²) < 4.78 is 0. The smallest absolute Gasteiger partial charge is 0.194 e. The van der Waals surface area contributed by atoms with E-state index < -0.39 is 0 Å². The number of benzene rings is 7. The third-order valence-electron chi connectivity index (χ3n) is 9.20. The van der Waals surface area contributed by atoms with Crippen LogP contribution in [0.2, 0.25) is 0 Å². The van der Waals surface area contributed by atoms with Gasteiger partial charge in [0.2, 0.25) is 0 Å². The van der Waals surface area contributed by atoms with Gasteiger partial charge in [-0.05, 0) is 132 Å². The van der Waals surface area contributed by atoms with Crippen molar-refractivity contribution in [2.24, 2.45) is 0 Å². The topological polar surface area (TPSA) is 34.6 Å². The molecule has 0 saturated heterocycles. The number of aryl methyl sites for hydroxylation is 2. The van der Waals surface area contributed by atoms with Gasteiger partial charge < -0.3 is 9.80 Å². The molecule has 4 heteroatoms. The molecule has 0 unspecified atom stereocenters. The summed E-state index contributed by atoms with van der Waals surface area (Å²) in [5.74, 6) is 0. The van der Waals surface area contributed by atoms with Crippen molar-refractivity contribution < 1.29 is 0 Å². The Balaban J connectivity index is 1.11. The number of nitriles is 1. The van der Waals surface area contributed by atoms with Crippen molar-refractivity contribution in [3.05, 3.63) is 220 Å². The van der Waals surface area contributed by atoms with Gasteiger partial charge in [-0.15, -0.1) is 0 Å². The lowest BCUT2D eigenvalue weighted by atomic mass is 10.0. The van der Waals surface area contributed by atoms with Gasteiger partial charge in [0.05, 0.1) is 18.2 Å². The molecule has 0 aliphatic carbocycles. The lowest BCUT2D eigenvalue weighted by molar-refractivity contribution is 1.27. The number of nitrogens with zero attached hydrogens (tertiary/aromatic N) is 4. The Morgan fingerprint density at radius 1 is 0.463 bits per heavy atom. The molecule has 0 atom stereocenters. The maximum absolute atomic E-state index is 10.1. The van der Waals surface area contributed by atoms with Crippen LogP contribution in [-0.2, 0) is 0 Å². The van der Waals surface area contributed by atoms with E-state index in [1.54, 1.807) is 12.1 Å². The predicted molar refractivity (Wildman–Crippen MR) is 227 cm³/mol. The minimum Gasteiger partial charge on any atom is -0.310 e. The predicted octanol–water partition coefficient (Wildman–Crippen LogP) is 14.0. The molecule has 54 heavy (non-hydrogen) atoms. The molecule has 0 aliphatic heterocycles. The number of anilines is 6. The van der Waals surface area contributed by atoms with Crippen LogP contribution < -0.4 is 9.80 Å². The summed E-state index contributed by atoms with van der Waals surface area (Å²) in [6.45, 7) is 12.1. The second-order valence-electron chi connectivity index (χ2n) is 13.1. The molecule has 7 aromatic carbocycles. The molecule has 0 saturated carbocycles. The summed E-state index contributed by atoms with van der Waals surface area (Å²) in [6, 6.07) is 60.3. The van der Waals surface area contributed by atoms with Gasteiger partial charge in [-0.1, -0.05) is 109 Å². The van der Waals surface area contributed by atoms with E-state index in [0.29, 0.717) is 22.4 Å². The van der Waals surface area contributed by atoms with E-state index in [-0.39, 0.29) is 0 Å². The normalized spacial score (nSPS) is 11.0. The Morgan fingerprint density at radius 2 is 0.889 bits per heavy atom. The monoisotopic (exact) mass is 694 g/mol. The van der Waals surface area contributed by atoms with Crippen molar-refractivity contribution in [2.75, 3.05) is 9.80 Å². The van der Waals surface area contributed by atoms with Gasteiger partial charge in [0, 0.05) is 34.1 Å². The minimum atomic E-state index is 0.489. The van der Waals surface area contributed by atoms with Crippen LogP contribution in [0.1, 0.15) is 38.9 Å². The zero-order chi connectivity index (χ0) is 37.3. The Morgan fingerprint density at radius 3 is 1.31 bits per heavy atom. The van der Waals surface area contributed by atoms with E-state index in [1.165, 1.54) is 11.1 Å². The molecule has 258 valence electrons. The molecule has 7 rings (SSSR count). The van der Waals surface area contributed by atoms with Crippen molar-refractivity contribution in [3.8, 4) is 6.07 Å². The highest BCUT2D eigenvalue weighted by Crippen LogP contribution is 2.37. The fourth-order valence-corrected chi connectivity index (χ4v) is 6.51. The van der Waals surface area contributed by atoms with Crippen LogP contribution in [0.25, 0.3) is 29.1 Å². The summed E-state index contributed by atoms with van der Waals surface area (Å²) in [7, 11) is 0. The van der Waals surface area contributed by atoms with Crippen LogP contribution in [0.15, 0.2) is 170 Å². The highest BCUT2D eigenvalue weighted by Gasteiger charge is 2.14. The Kier molecular flexibility index (Phi) is 10.6. The molecule has 0 spiro atoms. The average Bonchev–Trinajstić information content (AvgIpc) is 3.21. The van der Waals surface area contributed by atoms with Gasteiger partial charge in [-0.3, -0.25) is 0 Å². The number of hydrogen-bond donors (Lipinski definition) is 0. The lowest BCUT2D eigenvalue weighted by Crippen LogP contribution is -2.09. The molecule has 7 aromatic rings. The first-order valence-electron chi connectivity index (χ1n) is 17.8. The molecule has 0 aliphatic rings. The van der Waals surface area contributed by atoms with Gasteiger partial charge in [0.1, 0.15) is 0 Å². The summed E-state index contributed by atoms with van der Waals surface area (Å²) in [5, 5.41) is 10.1. The summed E-state index contributed by atoms with van der Waals surface area (Å²) in [5.41, 5.74) is 13.2. The van der Waals surface area contributed by atoms with Crippen LogP contribution in [0.5, 0.6) is 0 Å². The van der Waals surface area contributed by atoms with Gasteiger partial charge in [0.25, 0.3) is 0 Å². The Labute approximate surface area is 318 Å². The Hall–Kier alpha value is -7.40. The van der Waals surface area contributed by atoms with Gasteiger partial charge in [-0.25, -0.2) is 4.85 Å². The fourth-order valence-electron chi connectivity index (χ4n) is 6.51. The maximum Gasteiger partial charge on any atom is 0.194 e. The minimum absolute atomic E-state index is 0.489. The summed E-state index contributed by atoms with van der Waals surface area (Å²) in [6.07, 6.45) is 7.80. The highest BCUT2D eigenvalue weighted by atomic mass is 15.1. The number of rotatable bonds is 10. The third-order valence-corrected chi connectivity index (χ3v) is 9.20. The molecular weight excluding hydrogens is 657 g/mol. The van der Waals surface area contributed by atoms with E-state index in [0.717, 1.165) is 45.3 Å². The number of para-hydroxylation sites is 2. The summed E-state index contributed by atoms with van der Waals surface area (Å²) in [4.78, 5) is 8.30. The second-order valence-corrected chi connectivity index (χ2v) is 13.1. The van der Waals surface area contributed by atoms with E-state index in [4.69, 9.17) is 6.57 Å². The molecule has 0 bridgehead atoms. The van der Waals surface area contributed by atoms with Crippen molar-refractivity contribution in [2.45, 2.75) is 13.8 Å². The maximum atomic E-state index is 10.1. The number of hydrogen-bond acceptors (Lipinski definition) is 3. The quantitative estimate of drug-likeness (QED) is 0.106. The first-order chi connectivity index (χ1) is 26.5. The van der Waals surface area contributed by atoms with Crippen LogP contribution in [0.4, 0.5) is 39.8 Å². The van der Waals surface area contributed by atoms with Crippen LogP contribution >= 0.6 is 0 Å². The SMILES string of the molecule is [C-]#[N+]c1cc(/C=C/c2ccc(N(c3ccccc3)c3cccc(C)c3)cc2)c(C#N)cc1/C=C/c1ccc(N(c2ccccc2)c2cccc(C)c2)cc1. The molecule has 0 radical (unpaired) electrons. The second kappa shape index (κ2) is 16.3. The van der Waals surface area contributed by atoms with Crippen LogP contribution in [-0.4, -0.2) is 0 Å². The third kappa shape index (κ3) is 8.05. The Bertz CT molecular complexity index is 2340. The highest BCUT2D eigenvalue weighted by molar-refractivity contribution is 5.84. The van der Waals surface area contributed by atoms with Crippen molar-refractivity contribution in [3.63, 3.8) is 0 Å². The zero-order valence-corrected chi connectivity index (χ0v) is 30.3. The van der Waals surface area contributed by atoms with Crippen molar-refractivity contribution in [1.29, 1.82) is 5.26 Å². The molecular formula is C50H38N4. The van der Waals surface area contributed by atoms with E-state index in [1.807, 2.05) is 60.7 Å². The van der Waals surface area contributed by atoms with E-state index >= 15 is 0 Å². The summed E-state index contributed by atoms with van der Waals surface area (Å²) >= 11 is 0. The van der Waals surface area contributed by atoms with E-state index in [9.17, 15) is 5.26 Å². The van der Waals surface area contributed by atoms with Crippen LogP contribution in [0, 0.1) is 31.8 Å². The molecule has 0 aromatic heterocycles. The van der Waals surface area contributed by atoms with Crippen LogP contribution in [0.3, 0.4) is 0 Å². The fraction of sp³-hybridized carbons (Fsp3) is 0.0400. The lowest BCUT2D eigenvalue weighted by Gasteiger charge is -2.25. The van der Waals surface area contributed by atoms with Crippen molar-refractivity contribution >= 4 is 64.1 Å². The first kappa shape index (κ1) is 35.0. The average molecular weight is 695 g/mol. The molecule has 0 amide bonds. The zero-order valence-electron chi connectivity index (χ0n) is 30.3.